The Hall–Kier alpha value is -2.90. The molecule has 4 N–H and O–H groups in total. The van der Waals surface area contributed by atoms with Gasteiger partial charge in [-0.1, -0.05) is 17.7 Å². The molecule has 0 saturated heterocycles. The lowest BCUT2D eigenvalue weighted by atomic mass is 10.2. The Balaban J connectivity index is 1.72. The number of esters is 1. The maximum absolute atomic E-state index is 11.6. The van der Waals surface area contributed by atoms with E-state index in [2.05, 4.69) is 15.0 Å². The van der Waals surface area contributed by atoms with Crippen LogP contribution in [0.1, 0.15) is 17.8 Å². The molecule has 2 rings (SSSR count). The van der Waals surface area contributed by atoms with Gasteiger partial charge in [-0.3, -0.25) is 4.79 Å². The van der Waals surface area contributed by atoms with Crippen LogP contribution in [-0.2, 0) is 16.1 Å². The van der Waals surface area contributed by atoms with E-state index in [-0.39, 0.29) is 37.4 Å². The summed E-state index contributed by atoms with van der Waals surface area (Å²) in [5.74, 6) is 0.460. The molecule has 0 amide bonds. The highest BCUT2D eigenvalue weighted by Crippen LogP contribution is 2.11. The second kappa shape index (κ2) is 7.21. The van der Waals surface area contributed by atoms with E-state index in [0.717, 1.165) is 5.56 Å². The van der Waals surface area contributed by atoms with Gasteiger partial charge >= 0.3 is 5.97 Å². The third-order valence-electron chi connectivity index (χ3n) is 2.67. The first-order valence-corrected chi connectivity index (χ1v) is 6.64. The van der Waals surface area contributed by atoms with Gasteiger partial charge in [-0.15, -0.1) is 0 Å². The number of aromatic nitrogens is 3. The first-order chi connectivity index (χ1) is 10.5. The summed E-state index contributed by atoms with van der Waals surface area (Å²) >= 11 is 0. The van der Waals surface area contributed by atoms with Gasteiger partial charge in [0.25, 0.3) is 0 Å². The summed E-state index contributed by atoms with van der Waals surface area (Å²) < 4.78 is 10.5. The van der Waals surface area contributed by atoms with Crippen LogP contribution in [0.5, 0.6) is 5.75 Å². The highest BCUT2D eigenvalue weighted by molar-refractivity contribution is 5.69. The molecule has 1 aromatic heterocycles. The van der Waals surface area contributed by atoms with E-state index in [0.29, 0.717) is 5.75 Å². The molecule has 0 aliphatic carbocycles. The monoisotopic (exact) mass is 303 g/mol. The Morgan fingerprint density at radius 1 is 1.09 bits per heavy atom. The minimum Gasteiger partial charge on any atom is -0.493 e. The smallest absolute Gasteiger partial charge is 0.309 e. The molecule has 0 radical (unpaired) electrons. The number of nitrogen functional groups attached to an aromatic ring is 2. The molecule has 0 atom stereocenters. The highest BCUT2D eigenvalue weighted by Gasteiger charge is 2.07. The number of anilines is 2. The molecule has 22 heavy (non-hydrogen) atoms. The minimum absolute atomic E-state index is 0.0127. The first kappa shape index (κ1) is 15.5. The topological polar surface area (TPSA) is 126 Å². The average Bonchev–Trinajstić information content (AvgIpc) is 2.46. The largest absolute Gasteiger partial charge is 0.493 e. The van der Waals surface area contributed by atoms with Crippen molar-refractivity contribution in [1.29, 1.82) is 0 Å². The molecule has 8 nitrogen and oxygen atoms in total. The third kappa shape index (κ3) is 4.89. The molecule has 1 aromatic carbocycles. The maximum Gasteiger partial charge on any atom is 0.309 e. The molecule has 0 bridgehead atoms. The van der Waals surface area contributed by atoms with Gasteiger partial charge < -0.3 is 20.9 Å². The third-order valence-corrected chi connectivity index (χ3v) is 2.67. The van der Waals surface area contributed by atoms with Crippen molar-refractivity contribution < 1.29 is 14.3 Å². The molecule has 0 aliphatic heterocycles. The van der Waals surface area contributed by atoms with E-state index in [9.17, 15) is 4.79 Å². The number of nitrogens with two attached hydrogens (primary N) is 2. The second-order valence-electron chi connectivity index (χ2n) is 4.54. The van der Waals surface area contributed by atoms with Crippen molar-refractivity contribution >= 4 is 17.9 Å². The SMILES string of the molecule is Cc1ccc(OCCC(=O)OCc2nc(N)nc(N)n2)cc1. The standard InChI is InChI=1S/C14H17N5O3/c1-9-2-4-10(5-3-9)21-7-6-12(20)22-8-11-17-13(15)19-14(16)18-11/h2-5H,6-8H2,1H3,(H4,15,16,17,18,19). The number of benzene rings is 1. The molecular formula is C14H17N5O3. The molecule has 0 fully saturated rings. The van der Waals surface area contributed by atoms with Crippen molar-refractivity contribution in [3.8, 4) is 5.75 Å². The van der Waals surface area contributed by atoms with Crippen LogP contribution in [0.15, 0.2) is 24.3 Å². The molecule has 116 valence electrons. The lowest BCUT2D eigenvalue weighted by molar-refractivity contribution is -0.145. The fraction of sp³-hybridized carbons (Fsp3) is 0.286. The van der Waals surface area contributed by atoms with Crippen LogP contribution in [0.25, 0.3) is 0 Å². The molecule has 1 heterocycles. The van der Waals surface area contributed by atoms with Gasteiger partial charge in [0.05, 0.1) is 13.0 Å². The number of rotatable bonds is 6. The normalized spacial score (nSPS) is 10.2. The van der Waals surface area contributed by atoms with Crippen molar-refractivity contribution in [2.24, 2.45) is 0 Å². The zero-order valence-electron chi connectivity index (χ0n) is 12.2. The summed E-state index contributed by atoms with van der Waals surface area (Å²) in [6, 6.07) is 7.56. The Morgan fingerprint density at radius 3 is 2.36 bits per heavy atom. The number of hydrogen-bond acceptors (Lipinski definition) is 8. The van der Waals surface area contributed by atoms with Crippen LogP contribution < -0.4 is 16.2 Å². The molecular weight excluding hydrogens is 286 g/mol. The Bertz CT molecular complexity index is 625. The van der Waals surface area contributed by atoms with Gasteiger partial charge in [0.1, 0.15) is 5.75 Å². The number of hydrogen-bond donors (Lipinski definition) is 2. The van der Waals surface area contributed by atoms with Crippen LogP contribution in [0.4, 0.5) is 11.9 Å². The minimum atomic E-state index is -0.426. The summed E-state index contributed by atoms with van der Waals surface area (Å²) in [6.07, 6.45) is 0.115. The predicted octanol–water partition coefficient (Wildman–Crippen LogP) is 0.857. The number of aryl methyl sites for hydroxylation is 1. The van der Waals surface area contributed by atoms with Gasteiger partial charge in [-0.25, -0.2) is 0 Å². The van der Waals surface area contributed by atoms with Gasteiger partial charge in [0.2, 0.25) is 11.9 Å². The number of nitrogens with zero attached hydrogens (tertiary/aromatic N) is 3. The summed E-state index contributed by atoms with van der Waals surface area (Å²) in [4.78, 5) is 22.8. The van der Waals surface area contributed by atoms with E-state index in [4.69, 9.17) is 20.9 Å². The predicted molar refractivity (Wildman–Crippen MR) is 79.7 cm³/mol. The Kier molecular flexibility index (Phi) is 5.07. The van der Waals surface area contributed by atoms with Crippen molar-refractivity contribution in [2.45, 2.75) is 20.0 Å². The van der Waals surface area contributed by atoms with E-state index >= 15 is 0 Å². The summed E-state index contributed by atoms with van der Waals surface area (Å²) in [6.45, 7) is 2.10. The molecule has 0 aliphatic rings. The summed E-state index contributed by atoms with van der Waals surface area (Å²) in [5, 5.41) is 0. The molecule has 0 saturated carbocycles. The quantitative estimate of drug-likeness (QED) is 0.752. The zero-order chi connectivity index (χ0) is 15.9. The van der Waals surface area contributed by atoms with E-state index in [1.165, 1.54) is 0 Å². The Morgan fingerprint density at radius 2 is 1.73 bits per heavy atom. The van der Waals surface area contributed by atoms with Crippen molar-refractivity contribution in [1.82, 2.24) is 15.0 Å². The number of carbonyl (C=O) groups is 1. The van der Waals surface area contributed by atoms with Crippen LogP contribution in [0, 0.1) is 6.92 Å². The second-order valence-corrected chi connectivity index (χ2v) is 4.54. The van der Waals surface area contributed by atoms with Crippen molar-refractivity contribution in [3.63, 3.8) is 0 Å². The summed E-state index contributed by atoms with van der Waals surface area (Å²) in [7, 11) is 0. The number of carbonyl (C=O) groups excluding carboxylic acids is 1. The van der Waals surface area contributed by atoms with Gasteiger partial charge in [0.15, 0.2) is 12.4 Å². The average molecular weight is 303 g/mol. The molecule has 0 spiro atoms. The van der Waals surface area contributed by atoms with Gasteiger partial charge in [-0.05, 0) is 19.1 Å². The van der Waals surface area contributed by atoms with Gasteiger partial charge in [0, 0.05) is 0 Å². The lowest BCUT2D eigenvalue weighted by Crippen LogP contribution is -2.13. The van der Waals surface area contributed by atoms with Crippen LogP contribution in [0.2, 0.25) is 0 Å². The summed E-state index contributed by atoms with van der Waals surface area (Å²) in [5.41, 5.74) is 12.0. The number of ether oxygens (including phenoxy) is 2. The lowest BCUT2D eigenvalue weighted by Gasteiger charge is -2.07. The fourth-order valence-corrected chi connectivity index (χ4v) is 1.63. The van der Waals surface area contributed by atoms with Crippen molar-refractivity contribution in [2.75, 3.05) is 18.1 Å². The zero-order valence-corrected chi connectivity index (χ0v) is 12.2. The molecule has 0 unspecified atom stereocenters. The highest BCUT2D eigenvalue weighted by atomic mass is 16.5. The van der Waals surface area contributed by atoms with E-state index in [1.54, 1.807) is 0 Å². The molecule has 8 heteroatoms. The van der Waals surface area contributed by atoms with Crippen molar-refractivity contribution in [3.05, 3.63) is 35.7 Å². The van der Waals surface area contributed by atoms with E-state index in [1.807, 2.05) is 31.2 Å². The van der Waals surface area contributed by atoms with E-state index < -0.39 is 5.97 Å². The maximum atomic E-state index is 11.6. The van der Waals surface area contributed by atoms with Crippen LogP contribution >= 0.6 is 0 Å². The Labute approximate surface area is 127 Å². The molecule has 2 aromatic rings. The first-order valence-electron chi connectivity index (χ1n) is 6.64. The van der Waals surface area contributed by atoms with Gasteiger partial charge in [-0.2, -0.15) is 15.0 Å². The van der Waals surface area contributed by atoms with Crippen LogP contribution in [0.3, 0.4) is 0 Å². The fourth-order valence-electron chi connectivity index (χ4n) is 1.63. The van der Waals surface area contributed by atoms with Crippen LogP contribution in [-0.4, -0.2) is 27.5 Å².